The van der Waals surface area contributed by atoms with E-state index in [0.29, 0.717) is 26.2 Å². The second kappa shape index (κ2) is 7.22. The smallest absolute Gasteiger partial charge is 0.230 e. The van der Waals surface area contributed by atoms with Gasteiger partial charge in [0.15, 0.2) is 0 Å². The number of benzene rings is 1. The van der Waals surface area contributed by atoms with Crippen LogP contribution in [0.3, 0.4) is 0 Å². The van der Waals surface area contributed by atoms with Gasteiger partial charge in [-0.1, -0.05) is 24.3 Å². The van der Waals surface area contributed by atoms with Crippen LogP contribution < -0.4 is 4.74 Å². The fraction of sp³-hybridized carbons (Fsp3) is 0.524. The Bertz CT molecular complexity index is 810. The third-order valence-corrected chi connectivity index (χ3v) is 5.98. The summed E-state index contributed by atoms with van der Waals surface area (Å²) < 4.78 is 16.5. The lowest BCUT2D eigenvalue weighted by molar-refractivity contribution is -0.142. The highest BCUT2D eigenvalue weighted by molar-refractivity contribution is 5.93. The van der Waals surface area contributed by atoms with E-state index in [-0.39, 0.29) is 17.9 Å². The number of rotatable bonds is 7. The van der Waals surface area contributed by atoms with Crippen LogP contribution in [0.25, 0.3) is 0 Å². The topological polar surface area (TPSA) is 68.3 Å². The van der Waals surface area contributed by atoms with E-state index in [1.165, 1.54) is 0 Å². The minimum Gasteiger partial charge on any atom is -0.497 e. The Kier molecular flexibility index (Phi) is 4.89. The SMILES string of the molecule is COCCN(C)C(=O)[C@@H]1[C@@H]2C=C[C@@]3(CN(Cc4cccc(OC)c4)C(=O)[C@H]13)O2. The fourth-order valence-corrected chi connectivity index (χ4v) is 4.58. The van der Waals surface area contributed by atoms with Crippen molar-refractivity contribution < 1.29 is 23.8 Å². The van der Waals surface area contributed by atoms with Crippen LogP contribution in [0.2, 0.25) is 0 Å². The molecule has 1 aromatic rings. The highest BCUT2D eigenvalue weighted by Gasteiger charge is 2.67. The molecule has 3 aliphatic rings. The molecule has 7 nitrogen and oxygen atoms in total. The molecule has 4 rings (SSSR count). The van der Waals surface area contributed by atoms with Gasteiger partial charge >= 0.3 is 0 Å². The lowest BCUT2D eigenvalue weighted by Crippen LogP contribution is -2.45. The summed E-state index contributed by atoms with van der Waals surface area (Å²) in [6.07, 6.45) is 3.58. The van der Waals surface area contributed by atoms with Gasteiger partial charge in [0.1, 0.15) is 11.4 Å². The van der Waals surface area contributed by atoms with Crippen LogP contribution in [0, 0.1) is 11.8 Å². The van der Waals surface area contributed by atoms with Crippen LogP contribution in [-0.2, 0) is 25.6 Å². The average molecular weight is 386 g/mol. The fourth-order valence-electron chi connectivity index (χ4n) is 4.58. The number of carbonyl (C=O) groups excluding carboxylic acids is 2. The molecule has 2 saturated heterocycles. The number of fused-ring (bicyclic) bond motifs is 1. The quantitative estimate of drug-likeness (QED) is 0.656. The molecular formula is C21H26N2O5. The first-order chi connectivity index (χ1) is 13.5. The Morgan fingerprint density at radius 1 is 1.39 bits per heavy atom. The van der Waals surface area contributed by atoms with E-state index in [1.54, 1.807) is 31.1 Å². The Morgan fingerprint density at radius 3 is 2.96 bits per heavy atom. The van der Waals surface area contributed by atoms with E-state index in [1.807, 2.05) is 36.4 Å². The monoisotopic (exact) mass is 386 g/mol. The molecule has 3 heterocycles. The second-order valence-electron chi connectivity index (χ2n) is 7.70. The molecule has 1 spiro atoms. The highest BCUT2D eigenvalue weighted by Crippen LogP contribution is 2.52. The van der Waals surface area contributed by atoms with Gasteiger partial charge in [-0.15, -0.1) is 0 Å². The molecule has 7 heteroatoms. The Morgan fingerprint density at radius 2 is 2.21 bits per heavy atom. The number of methoxy groups -OCH3 is 2. The summed E-state index contributed by atoms with van der Waals surface area (Å²) in [5.41, 5.74) is 0.297. The van der Waals surface area contributed by atoms with Gasteiger partial charge in [-0.05, 0) is 17.7 Å². The molecule has 0 aliphatic carbocycles. The minimum absolute atomic E-state index is 0.0202. The Balaban J connectivity index is 1.54. The summed E-state index contributed by atoms with van der Waals surface area (Å²) in [4.78, 5) is 29.7. The van der Waals surface area contributed by atoms with Crippen molar-refractivity contribution in [3.63, 3.8) is 0 Å². The zero-order chi connectivity index (χ0) is 19.9. The first kappa shape index (κ1) is 19.0. The number of hydrogen-bond donors (Lipinski definition) is 0. The van der Waals surface area contributed by atoms with Gasteiger partial charge in [-0.3, -0.25) is 9.59 Å². The molecule has 3 aliphatic heterocycles. The molecule has 2 fully saturated rings. The summed E-state index contributed by atoms with van der Waals surface area (Å²) >= 11 is 0. The average Bonchev–Trinajstić information content (AvgIpc) is 3.34. The molecule has 1 aromatic carbocycles. The number of hydrogen-bond acceptors (Lipinski definition) is 5. The van der Waals surface area contributed by atoms with Gasteiger partial charge in [0.25, 0.3) is 0 Å². The molecular weight excluding hydrogens is 360 g/mol. The normalized spacial score (nSPS) is 30.0. The van der Waals surface area contributed by atoms with Crippen molar-refractivity contribution >= 4 is 11.8 Å². The van der Waals surface area contributed by atoms with Gasteiger partial charge in [-0.25, -0.2) is 0 Å². The number of amides is 2. The van der Waals surface area contributed by atoms with Gasteiger partial charge in [-0.2, -0.15) is 0 Å². The maximum atomic E-state index is 13.3. The zero-order valence-electron chi connectivity index (χ0n) is 16.5. The second-order valence-corrected chi connectivity index (χ2v) is 7.70. The van der Waals surface area contributed by atoms with Crippen molar-refractivity contribution in [3.05, 3.63) is 42.0 Å². The van der Waals surface area contributed by atoms with Crippen LogP contribution in [0.5, 0.6) is 5.75 Å². The molecule has 2 amide bonds. The zero-order valence-corrected chi connectivity index (χ0v) is 16.5. The number of likely N-dealkylation sites (N-methyl/N-ethyl adjacent to an activating group) is 1. The molecule has 4 atom stereocenters. The Hall–Kier alpha value is -2.38. The number of ether oxygens (including phenoxy) is 3. The van der Waals surface area contributed by atoms with E-state index in [0.717, 1.165) is 11.3 Å². The maximum Gasteiger partial charge on any atom is 0.230 e. The van der Waals surface area contributed by atoms with Crippen LogP contribution in [0.15, 0.2) is 36.4 Å². The lowest BCUT2D eigenvalue weighted by atomic mass is 9.76. The third kappa shape index (κ3) is 2.99. The van der Waals surface area contributed by atoms with Gasteiger partial charge < -0.3 is 24.0 Å². The Labute approximate surface area is 164 Å². The predicted octanol–water partition coefficient (Wildman–Crippen LogP) is 1.08. The first-order valence-corrected chi connectivity index (χ1v) is 9.52. The summed E-state index contributed by atoms with van der Waals surface area (Å²) in [5.74, 6) is -0.268. The van der Waals surface area contributed by atoms with E-state index >= 15 is 0 Å². The van der Waals surface area contributed by atoms with Crippen LogP contribution in [0.1, 0.15) is 5.56 Å². The van der Waals surface area contributed by atoms with Crippen LogP contribution in [0.4, 0.5) is 0 Å². The largest absolute Gasteiger partial charge is 0.497 e. The van der Waals surface area contributed by atoms with Gasteiger partial charge in [0.05, 0.1) is 38.2 Å². The summed E-state index contributed by atoms with van der Waals surface area (Å²) in [7, 11) is 4.97. The van der Waals surface area contributed by atoms with Crippen molar-refractivity contribution in [2.24, 2.45) is 11.8 Å². The molecule has 0 radical (unpaired) electrons. The molecule has 28 heavy (non-hydrogen) atoms. The van der Waals surface area contributed by atoms with E-state index in [2.05, 4.69) is 0 Å². The standard InChI is InChI=1S/C21H26N2O5/c1-22(9-10-26-2)19(24)17-16-7-8-21(28-16)13-23(20(25)18(17)21)12-14-5-4-6-15(11-14)27-3/h4-8,11,16-18H,9-10,12-13H2,1-3H3/t16-,17+,18-,21-/m0/s1. The van der Waals surface area contributed by atoms with E-state index in [4.69, 9.17) is 14.2 Å². The van der Waals surface area contributed by atoms with Crippen molar-refractivity contribution in [2.75, 3.05) is 41.0 Å². The molecule has 150 valence electrons. The number of likely N-dealkylation sites (tertiary alicyclic amines) is 1. The van der Waals surface area contributed by atoms with E-state index in [9.17, 15) is 9.59 Å². The van der Waals surface area contributed by atoms with Crippen molar-refractivity contribution in [1.82, 2.24) is 9.80 Å². The van der Waals surface area contributed by atoms with Crippen LogP contribution in [-0.4, -0.2) is 74.3 Å². The molecule has 0 N–H and O–H groups in total. The maximum absolute atomic E-state index is 13.3. The van der Waals surface area contributed by atoms with Crippen molar-refractivity contribution in [3.8, 4) is 5.75 Å². The third-order valence-electron chi connectivity index (χ3n) is 5.98. The molecule has 0 aromatic heterocycles. The molecule has 2 bridgehead atoms. The van der Waals surface area contributed by atoms with Gasteiger partial charge in [0.2, 0.25) is 11.8 Å². The van der Waals surface area contributed by atoms with E-state index < -0.39 is 17.4 Å². The summed E-state index contributed by atoms with van der Waals surface area (Å²) in [5, 5.41) is 0. The number of nitrogens with zero attached hydrogens (tertiary/aromatic N) is 2. The minimum atomic E-state index is -0.691. The van der Waals surface area contributed by atoms with Crippen LogP contribution >= 0.6 is 0 Å². The highest BCUT2D eigenvalue weighted by atomic mass is 16.5. The summed E-state index contributed by atoms with van der Waals surface area (Å²) in [6.45, 7) is 1.88. The molecule has 0 unspecified atom stereocenters. The number of carbonyl (C=O) groups is 2. The van der Waals surface area contributed by atoms with Crippen molar-refractivity contribution in [1.29, 1.82) is 0 Å². The van der Waals surface area contributed by atoms with Gasteiger partial charge in [0, 0.05) is 27.2 Å². The molecule has 0 saturated carbocycles. The lowest BCUT2D eigenvalue weighted by Gasteiger charge is -2.27. The predicted molar refractivity (Wildman–Crippen MR) is 102 cm³/mol. The first-order valence-electron chi connectivity index (χ1n) is 9.52. The van der Waals surface area contributed by atoms with Crippen molar-refractivity contribution in [2.45, 2.75) is 18.2 Å². The summed E-state index contributed by atoms with van der Waals surface area (Å²) in [6, 6.07) is 7.68.